The van der Waals surface area contributed by atoms with Crippen LogP contribution in [0.15, 0.2) is 29.4 Å². The van der Waals surface area contributed by atoms with Crippen molar-refractivity contribution in [2.24, 2.45) is 0 Å². The fourth-order valence-electron chi connectivity index (χ4n) is 1.82. The number of nitrogens with zero attached hydrogens (tertiary/aromatic N) is 2. The Labute approximate surface area is 131 Å². The number of ether oxygens (including phenoxy) is 1. The molecule has 0 spiro atoms. The number of nitrogens with one attached hydrogen (secondary N) is 2. The van der Waals surface area contributed by atoms with Crippen molar-refractivity contribution in [2.45, 2.75) is 18.1 Å². The Kier molecular flexibility index (Phi) is 5.91. The molecule has 2 aromatic rings. The van der Waals surface area contributed by atoms with Crippen molar-refractivity contribution in [3.05, 3.63) is 30.1 Å². The van der Waals surface area contributed by atoms with Gasteiger partial charge in [0.2, 0.25) is 11.1 Å². The second-order valence-corrected chi connectivity index (χ2v) is 5.60. The van der Waals surface area contributed by atoms with E-state index in [0.29, 0.717) is 23.2 Å². The fourth-order valence-corrected chi connectivity index (χ4v) is 2.43. The molecule has 0 aliphatic rings. The van der Waals surface area contributed by atoms with Crippen LogP contribution in [0.5, 0.6) is 0 Å². The second-order valence-electron chi connectivity index (χ2n) is 4.66. The van der Waals surface area contributed by atoms with Crippen LogP contribution in [0.1, 0.15) is 6.92 Å². The number of amides is 1. The molecule has 1 aromatic heterocycles. The quantitative estimate of drug-likeness (QED) is 0.760. The molecule has 0 radical (unpaired) electrons. The van der Waals surface area contributed by atoms with Gasteiger partial charge in [0.15, 0.2) is 5.82 Å². The molecule has 1 amide bonds. The molecule has 1 heterocycles. The molecule has 2 rings (SSSR count). The molecular formula is C14H17FN4O2S. The van der Waals surface area contributed by atoms with Gasteiger partial charge in [-0.3, -0.25) is 9.89 Å². The van der Waals surface area contributed by atoms with Gasteiger partial charge in [-0.1, -0.05) is 23.9 Å². The lowest BCUT2D eigenvalue weighted by Crippen LogP contribution is -2.36. The number of H-pyrrole nitrogens is 1. The highest BCUT2D eigenvalue weighted by Gasteiger charge is 2.12. The van der Waals surface area contributed by atoms with Crippen LogP contribution in [0.3, 0.4) is 0 Å². The zero-order valence-corrected chi connectivity index (χ0v) is 13.1. The van der Waals surface area contributed by atoms with Crippen LogP contribution in [-0.4, -0.2) is 46.6 Å². The average molecular weight is 324 g/mol. The zero-order chi connectivity index (χ0) is 15.9. The van der Waals surface area contributed by atoms with Crippen LogP contribution < -0.4 is 5.32 Å². The third-order valence-electron chi connectivity index (χ3n) is 2.75. The summed E-state index contributed by atoms with van der Waals surface area (Å²) in [6.07, 6.45) is 0. The Balaban J connectivity index is 1.90. The van der Waals surface area contributed by atoms with E-state index in [2.05, 4.69) is 20.5 Å². The standard InChI is InChI=1S/C14H17FN4O2S/c1-9(7-21-2)16-12(20)8-22-14-17-13(18-19-14)10-5-3-4-6-11(10)15/h3-6,9H,7-8H2,1-2H3,(H,16,20)(H,17,18,19). The number of carbonyl (C=O) groups is 1. The van der Waals surface area contributed by atoms with E-state index in [4.69, 9.17) is 4.74 Å². The molecule has 0 aliphatic heterocycles. The van der Waals surface area contributed by atoms with Crippen LogP contribution in [0.25, 0.3) is 11.4 Å². The van der Waals surface area contributed by atoms with Gasteiger partial charge in [-0.25, -0.2) is 9.37 Å². The molecule has 8 heteroatoms. The molecule has 2 N–H and O–H groups in total. The van der Waals surface area contributed by atoms with Gasteiger partial charge in [-0.2, -0.15) is 0 Å². The van der Waals surface area contributed by atoms with E-state index in [0.717, 1.165) is 0 Å². The first kappa shape index (κ1) is 16.4. The minimum Gasteiger partial charge on any atom is -0.383 e. The molecule has 0 bridgehead atoms. The van der Waals surface area contributed by atoms with Crippen molar-refractivity contribution in [3.63, 3.8) is 0 Å². The first-order chi connectivity index (χ1) is 10.6. The predicted octanol–water partition coefficient (Wildman–Crippen LogP) is 1.85. The maximum absolute atomic E-state index is 13.6. The van der Waals surface area contributed by atoms with Crippen molar-refractivity contribution in [1.82, 2.24) is 20.5 Å². The second kappa shape index (κ2) is 7.90. The van der Waals surface area contributed by atoms with Crippen molar-refractivity contribution < 1.29 is 13.9 Å². The maximum Gasteiger partial charge on any atom is 0.230 e. The number of aromatic nitrogens is 3. The van der Waals surface area contributed by atoms with E-state index in [1.807, 2.05) is 6.92 Å². The summed E-state index contributed by atoms with van der Waals surface area (Å²) in [5.41, 5.74) is 0.347. The Bertz CT molecular complexity index is 635. The molecular weight excluding hydrogens is 307 g/mol. The Morgan fingerprint density at radius 2 is 2.27 bits per heavy atom. The third kappa shape index (κ3) is 4.54. The van der Waals surface area contributed by atoms with Crippen molar-refractivity contribution in [3.8, 4) is 11.4 Å². The highest BCUT2D eigenvalue weighted by molar-refractivity contribution is 7.99. The van der Waals surface area contributed by atoms with Crippen LogP contribution in [0, 0.1) is 5.82 Å². The topological polar surface area (TPSA) is 79.9 Å². The summed E-state index contributed by atoms with van der Waals surface area (Å²) in [6.45, 7) is 2.31. The fraction of sp³-hybridized carbons (Fsp3) is 0.357. The Hall–Kier alpha value is -1.93. The van der Waals surface area contributed by atoms with Crippen LogP contribution in [0.2, 0.25) is 0 Å². The van der Waals surface area contributed by atoms with E-state index in [-0.39, 0.29) is 23.5 Å². The van der Waals surface area contributed by atoms with E-state index in [1.165, 1.54) is 17.8 Å². The van der Waals surface area contributed by atoms with Crippen LogP contribution in [-0.2, 0) is 9.53 Å². The first-order valence-corrected chi connectivity index (χ1v) is 7.67. The van der Waals surface area contributed by atoms with Crippen LogP contribution in [0.4, 0.5) is 4.39 Å². The number of carbonyl (C=O) groups excluding carboxylic acids is 1. The number of rotatable bonds is 7. The molecule has 1 unspecified atom stereocenters. The molecule has 1 aromatic carbocycles. The SMILES string of the molecule is COCC(C)NC(=O)CSc1n[nH]c(-c2ccccc2F)n1. The maximum atomic E-state index is 13.6. The number of hydrogen-bond acceptors (Lipinski definition) is 5. The molecule has 0 saturated heterocycles. The minimum atomic E-state index is -0.374. The van der Waals surface area contributed by atoms with E-state index >= 15 is 0 Å². The highest BCUT2D eigenvalue weighted by atomic mass is 32.2. The number of hydrogen-bond donors (Lipinski definition) is 2. The summed E-state index contributed by atoms with van der Waals surface area (Å²) in [5.74, 6) is 0.0182. The van der Waals surface area contributed by atoms with E-state index in [9.17, 15) is 9.18 Å². The summed E-state index contributed by atoms with van der Waals surface area (Å²) in [5, 5.41) is 9.83. The number of halogens is 1. The smallest absolute Gasteiger partial charge is 0.230 e. The summed E-state index contributed by atoms with van der Waals surface area (Å²) in [6, 6.07) is 6.24. The summed E-state index contributed by atoms with van der Waals surface area (Å²) < 4.78 is 18.6. The van der Waals surface area contributed by atoms with Crippen molar-refractivity contribution >= 4 is 17.7 Å². The summed E-state index contributed by atoms with van der Waals surface area (Å²) >= 11 is 1.18. The highest BCUT2D eigenvalue weighted by Crippen LogP contribution is 2.21. The number of aromatic amines is 1. The van der Waals surface area contributed by atoms with Gasteiger partial charge in [0.05, 0.1) is 17.9 Å². The lowest BCUT2D eigenvalue weighted by Gasteiger charge is -2.11. The Morgan fingerprint density at radius 3 is 3.00 bits per heavy atom. The minimum absolute atomic E-state index is 0.0563. The van der Waals surface area contributed by atoms with E-state index < -0.39 is 0 Å². The average Bonchev–Trinajstić information content (AvgIpc) is 2.94. The Morgan fingerprint density at radius 1 is 1.50 bits per heavy atom. The largest absolute Gasteiger partial charge is 0.383 e. The summed E-state index contributed by atoms with van der Waals surface area (Å²) in [7, 11) is 1.58. The molecule has 0 saturated carbocycles. The molecule has 22 heavy (non-hydrogen) atoms. The molecule has 118 valence electrons. The van der Waals surface area contributed by atoms with Gasteiger partial charge in [-0.05, 0) is 19.1 Å². The summed E-state index contributed by atoms with van der Waals surface area (Å²) in [4.78, 5) is 15.9. The van der Waals surface area contributed by atoms with Crippen molar-refractivity contribution in [2.75, 3.05) is 19.5 Å². The van der Waals surface area contributed by atoms with Gasteiger partial charge < -0.3 is 10.1 Å². The van der Waals surface area contributed by atoms with Gasteiger partial charge in [-0.15, -0.1) is 5.10 Å². The molecule has 1 atom stereocenters. The van der Waals surface area contributed by atoms with E-state index in [1.54, 1.807) is 25.3 Å². The molecule has 0 fully saturated rings. The predicted molar refractivity (Wildman–Crippen MR) is 82.0 cm³/mol. The van der Waals surface area contributed by atoms with Gasteiger partial charge >= 0.3 is 0 Å². The third-order valence-corrected chi connectivity index (χ3v) is 3.60. The van der Waals surface area contributed by atoms with Crippen molar-refractivity contribution in [1.29, 1.82) is 0 Å². The van der Waals surface area contributed by atoms with Crippen LogP contribution >= 0.6 is 11.8 Å². The molecule has 6 nitrogen and oxygen atoms in total. The normalized spacial score (nSPS) is 12.1. The van der Waals surface area contributed by atoms with Gasteiger partial charge in [0.1, 0.15) is 5.82 Å². The molecule has 0 aliphatic carbocycles. The van der Waals surface area contributed by atoms with Gasteiger partial charge in [0, 0.05) is 13.2 Å². The first-order valence-electron chi connectivity index (χ1n) is 6.68. The zero-order valence-electron chi connectivity index (χ0n) is 12.3. The monoisotopic (exact) mass is 324 g/mol. The van der Waals surface area contributed by atoms with Gasteiger partial charge in [0.25, 0.3) is 0 Å². The number of benzene rings is 1. The number of thioether (sulfide) groups is 1. The lowest BCUT2D eigenvalue weighted by atomic mass is 10.2. The lowest BCUT2D eigenvalue weighted by molar-refractivity contribution is -0.119. The number of methoxy groups -OCH3 is 1.